The van der Waals surface area contributed by atoms with Gasteiger partial charge in [0.05, 0.1) is 0 Å². The minimum atomic E-state index is -0.0723. The predicted octanol–water partition coefficient (Wildman–Crippen LogP) is 10.3. The fourth-order valence-electron chi connectivity index (χ4n) is 4.21. The van der Waals surface area contributed by atoms with E-state index in [9.17, 15) is 4.79 Å². The van der Waals surface area contributed by atoms with Crippen molar-refractivity contribution < 1.29 is 9.53 Å². The second-order valence-corrected chi connectivity index (χ2v) is 10.3. The van der Waals surface area contributed by atoms with Gasteiger partial charge in [0.2, 0.25) is 0 Å². The molecule has 0 unspecified atom stereocenters. The van der Waals surface area contributed by atoms with Crippen molar-refractivity contribution in [2.75, 3.05) is 0 Å². The normalized spacial score (nSPS) is 11.1. The van der Waals surface area contributed by atoms with Crippen molar-refractivity contribution in [3.05, 3.63) is 34.3 Å². The number of esters is 1. The number of hydrogen-bond acceptors (Lipinski definition) is 2. The third-order valence-electron chi connectivity index (χ3n) is 6.27. The molecule has 0 atom stereocenters. The number of unbranched alkanes of at least 4 members (excludes halogenated alkanes) is 18. The Labute approximate surface area is 207 Å². The number of ether oxygens (including phenoxy) is 1. The van der Waals surface area contributed by atoms with Gasteiger partial charge in [-0.15, -0.1) is 0 Å². The van der Waals surface area contributed by atoms with Gasteiger partial charge in [-0.2, -0.15) is 0 Å². The van der Waals surface area contributed by atoms with Crippen molar-refractivity contribution in [2.45, 2.75) is 142 Å². The van der Waals surface area contributed by atoms with Crippen molar-refractivity contribution >= 4 is 21.9 Å². The fraction of sp³-hybridized carbons (Fsp3) is 0.759. The lowest BCUT2D eigenvalue weighted by Gasteiger charge is -2.06. The molecular formula is C29H49BrO2. The van der Waals surface area contributed by atoms with Gasteiger partial charge in [-0.3, -0.25) is 4.79 Å². The van der Waals surface area contributed by atoms with Gasteiger partial charge < -0.3 is 4.74 Å². The first kappa shape index (κ1) is 29.2. The topological polar surface area (TPSA) is 26.3 Å². The van der Waals surface area contributed by atoms with E-state index in [0.717, 1.165) is 22.9 Å². The molecule has 0 bridgehead atoms. The monoisotopic (exact) mass is 508 g/mol. The van der Waals surface area contributed by atoms with E-state index in [4.69, 9.17) is 4.74 Å². The molecular weight excluding hydrogens is 460 g/mol. The van der Waals surface area contributed by atoms with Crippen molar-refractivity contribution in [3.8, 4) is 0 Å². The average Bonchev–Trinajstić information content (AvgIpc) is 2.79. The maximum atomic E-state index is 11.8. The summed E-state index contributed by atoms with van der Waals surface area (Å²) in [6.07, 6.45) is 26.6. The number of carbonyl (C=O) groups is 1. The van der Waals surface area contributed by atoms with Gasteiger partial charge in [-0.1, -0.05) is 151 Å². The molecule has 3 heteroatoms. The number of halogens is 1. The van der Waals surface area contributed by atoms with E-state index in [0.29, 0.717) is 13.0 Å². The minimum absolute atomic E-state index is 0.0723. The van der Waals surface area contributed by atoms with Crippen molar-refractivity contribution in [1.29, 1.82) is 0 Å². The summed E-state index contributed by atoms with van der Waals surface area (Å²) < 4.78 is 6.38. The fourth-order valence-corrected chi connectivity index (χ4v) is 4.66. The van der Waals surface area contributed by atoms with E-state index >= 15 is 0 Å². The van der Waals surface area contributed by atoms with Gasteiger partial charge in [0.1, 0.15) is 6.61 Å². The zero-order valence-corrected chi connectivity index (χ0v) is 22.4. The van der Waals surface area contributed by atoms with Crippen LogP contribution in [0.5, 0.6) is 0 Å². The molecule has 0 spiro atoms. The molecule has 0 aliphatic rings. The molecule has 184 valence electrons. The summed E-state index contributed by atoms with van der Waals surface area (Å²) in [7, 11) is 0. The highest BCUT2D eigenvalue weighted by atomic mass is 79.9. The number of rotatable bonds is 22. The third-order valence-corrected chi connectivity index (χ3v) is 6.77. The van der Waals surface area contributed by atoms with Crippen LogP contribution >= 0.6 is 15.9 Å². The van der Waals surface area contributed by atoms with E-state index < -0.39 is 0 Å². The molecule has 1 aromatic carbocycles. The molecule has 1 aromatic rings. The van der Waals surface area contributed by atoms with Crippen LogP contribution in [0.2, 0.25) is 0 Å². The Balaban J connectivity index is 1.75. The molecule has 0 saturated carbocycles. The Morgan fingerprint density at radius 2 is 1.12 bits per heavy atom. The molecule has 2 nitrogen and oxygen atoms in total. The van der Waals surface area contributed by atoms with E-state index in [1.807, 2.05) is 24.3 Å². The second-order valence-electron chi connectivity index (χ2n) is 9.40. The lowest BCUT2D eigenvalue weighted by Crippen LogP contribution is -2.04. The van der Waals surface area contributed by atoms with Crippen molar-refractivity contribution in [1.82, 2.24) is 0 Å². The largest absolute Gasteiger partial charge is 0.461 e. The Bertz CT molecular complexity index is 558. The number of hydrogen-bond donors (Lipinski definition) is 0. The molecule has 0 amide bonds. The van der Waals surface area contributed by atoms with Crippen LogP contribution in [-0.4, -0.2) is 5.97 Å². The summed E-state index contributed by atoms with van der Waals surface area (Å²) in [5.74, 6) is -0.0723. The molecule has 0 N–H and O–H groups in total. The van der Waals surface area contributed by atoms with Crippen LogP contribution in [0.3, 0.4) is 0 Å². The van der Waals surface area contributed by atoms with Crippen LogP contribution < -0.4 is 0 Å². The van der Waals surface area contributed by atoms with Crippen LogP contribution in [0.25, 0.3) is 0 Å². The van der Waals surface area contributed by atoms with Gasteiger partial charge in [0.15, 0.2) is 0 Å². The van der Waals surface area contributed by atoms with Crippen LogP contribution in [0, 0.1) is 0 Å². The molecule has 0 aromatic heterocycles. The van der Waals surface area contributed by atoms with Crippen LogP contribution in [0.4, 0.5) is 0 Å². The summed E-state index contributed by atoms with van der Waals surface area (Å²) in [4.78, 5) is 11.8. The Hall–Kier alpha value is -0.830. The van der Waals surface area contributed by atoms with E-state index in [1.54, 1.807) is 0 Å². The highest BCUT2D eigenvalue weighted by molar-refractivity contribution is 9.10. The zero-order chi connectivity index (χ0) is 23.1. The summed E-state index contributed by atoms with van der Waals surface area (Å²) in [5.41, 5.74) is 1.03. The summed E-state index contributed by atoms with van der Waals surface area (Å²) in [6, 6.07) is 7.91. The van der Waals surface area contributed by atoms with Crippen molar-refractivity contribution in [3.63, 3.8) is 0 Å². The predicted molar refractivity (Wildman–Crippen MR) is 142 cm³/mol. The van der Waals surface area contributed by atoms with Gasteiger partial charge in [-0.05, 0) is 24.1 Å². The highest BCUT2D eigenvalue weighted by Crippen LogP contribution is 2.16. The molecule has 0 aliphatic heterocycles. The smallest absolute Gasteiger partial charge is 0.306 e. The molecule has 32 heavy (non-hydrogen) atoms. The molecule has 0 heterocycles. The van der Waals surface area contributed by atoms with Gasteiger partial charge in [0, 0.05) is 10.9 Å². The Kier molecular flexibility index (Phi) is 20.1. The lowest BCUT2D eigenvalue weighted by molar-refractivity contribution is -0.145. The highest BCUT2D eigenvalue weighted by Gasteiger charge is 2.04. The van der Waals surface area contributed by atoms with Crippen LogP contribution in [0.15, 0.2) is 28.7 Å². The summed E-state index contributed by atoms with van der Waals surface area (Å²) >= 11 is 3.44. The van der Waals surface area contributed by atoms with Gasteiger partial charge >= 0.3 is 5.97 Å². The second kappa shape index (κ2) is 22.0. The molecule has 0 saturated heterocycles. The Morgan fingerprint density at radius 1 is 0.688 bits per heavy atom. The first-order chi connectivity index (χ1) is 15.7. The van der Waals surface area contributed by atoms with Crippen LogP contribution in [0.1, 0.15) is 141 Å². The Morgan fingerprint density at radius 3 is 1.56 bits per heavy atom. The third kappa shape index (κ3) is 18.7. The quantitative estimate of drug-likeness (QED) is 0.115. The molecule has 0 aliphatic carbocycles. The summed E-state index contributed by atoms with van der Waals surface area (Å²) in [5, 5.41) is 0. The SMILES string of the molecule is CCCCCCCCCCCCCCCCCCCCCC(=O)OCc1cccc(Br)c1. The van der Waals surface area contributed by atoms with Gasteiger partial charge in [0.25, 0.3) is 0 Å². The zero-order valence-electron chi connectivity index (χ0n) is 20.9. The van der Waals surface area contributed by atoms with E-state index in [-0.39, 0.29) is 5.97 Å². The van der Waals surface area contributed by atoms with E-state index in [2.05, 4.69) is 22.9 Å². The maximum absolute atomic E-state index is 11.8. The van der Waals surface area contributed by atoms with Crippen LogP contribution in [-0.2, 0) is 16.1 Å². The first-order valence-electron chi connectivity index (χ1n) is 13.6. The lowest BCUT2D eigenvalue weighted by atomic mass is 10.0. The molecule has 0 radical (unpaired) electrons. The summed E-state index contributed by atoms with van der Waals surface area (Å²) in [6.45, 7) is 2.66. The minimum Gasteiger partial charge on any atom is -0.461 e. The first-order valence-corrected chi connectivity index (χ1v) is 14.4. The van der Waals surface area contributed by atoms with Crippen molar-refractivity contribution in [2.24, 2.45) is 0 Å². The van der Waals surface area contributed by atoms with E-state index in [1.165, 1.54) is 109 Å². The standard InChI is InChI=1S/C29H49BrO2/c1-2-3-4-5-6-7-8-9-10-11-12-13-14-15-16-17-18-19-20-24-29(31)32-26-27-22-21-23-28(30)25-27/h21-23,25H,2-20,24,26H2,1H3. The number of carbonyl (C=O) groups excluding carboxylic acids is 1. The molecule has 1 rings (SSSR count). The van der Waals surface area contributed by atoms with Gasteiger partial charge in [-0.25, -0.2) is 0 Å². The number of benzene rings is 1. The molecule has 0 fully saturated rings. The average molecular weight is 510 g/mol. The maximum Gasteiger partial charge on any atom is 0.306 e.